The molecule has 0 fully saturated rings. The van der Waals surface area contributed by atoms with Gasteiger partial charge < -0.3 is 19.1 Å². The molecule has 1 aromatic heterocycles. The van der Waals surface area contributed by atoms with Crippen molar-refractivity contribution in [3.05, 3.63) is 77.4 Å². The number of amides is 1. The highest BCUT2D eigenvalue weighted by Crippen LogP contribution is 2.17. The molecule has 164 valence electrons. The second-order valence-electron chi connectivity index (χ2n) is 8.08. The van der Waals surface area contributed by atoms with Gasteiger partial charge in [-0.1, -0.05) is 47.6 Å². The second kappa shape index (κ2) is 10.5. The summed E-state index contributed by atoms with van der Waals surface area (Å²) in [6, 6.07) is 17.3. The second-order valence-corrected chi connectivity index (χ2v) is 9.53. The lowest BCUT2D eigenvalue weighted by molar-refractivity contribution is 0.0528. The van der Waals surface area contributed by atoms with Gasteiger partial charge in [0.1, 0.15) is 5.60 Å². The number of carbonyl (C=O) groups is 1. The molecule has 0 aliphatic heterocycles. The lowest BCUT2D eigenvalue weighted by Gasteiger charge is -2.19. The molecule has 1 unspecified atom stereocenters. The smallest absolute Gasteiger partial charge is 0.407 e. The highest BCUT2D eigenvalue weighted by Gasteiger charge is 2.18. The minimum absolute atomic E-state index is 0.192. The van der Waals surface area contributed by atoms with E-state index >= 15 is 0 Å². The SMILES string of the molecule is CC(C)(C)OC(=O)NCCc1ccc([S+]([O-])Cc2noc(Cc3ccccc3)n2)cc1. The van der Waals surface area contributed by atoms with Crippen LogP contribution in [-0.2, 0) is 34.5 Å². The number of aromatic nitrogens is 2. The van der Waals surface area contributed by atoms with Crippen molar-refractivity contribution < 1.29 is 18.6 Å². The number of nitrogens with zero attached hydrogens (tertiary/aromatic N) is 2. The van der Waals surface area contributed by atoms with Crippen molar-refractivity contribution in [1.82, 2.24) is 15.5 Å². The maximum atomic E-state index is 12.6. The van der Waals surface area contributed by atoms with Gasteiger partial charge in [-0.25, -0.2) is 4.79 Å². The predicted molar refractivity (Wildman–Crippen MR) is 118 cm³/mol. The van der Waals surface area contributed by atoms with Crippen LogP contribution in [0.5, 0.6) is 0 Å². The summed E-state index contributed by atoms with van der Waals surface area (Å²) in [6.07, 6.45) is 0.767. The Morgan fingerprint density at radius 2 is 1.81 bits per heavy atom. The Labute approximate surface area is 185 Å². The highest BCUT2D eigenvalue weighted by molar-refractivity contribution is 7.90. The van der Waals surface area contributed by atoms with E-state index in [0.717, 1.165) is 11.1 Å². The molecule has 2 aromatic carbocycles. The lowest BCUT2D eigenvalue weighted by atomic mass is 10.1. The van der Waals surface area contributed by atoms with Gasteiger partial charge in [-0.05, 0) is 61.6 Å². The van der Waals surface area contributed by atoms with E-state index in [1.54, 1.807) is 0 Å². The van der Waals surface area contributed by atoms with Crippen LogP contribution in [0.2, 0.25) is 0 Å². The quantitative estimate of drug-likeness (QED) is 0.530. The van der Waals surface area contributed by atoms with Gasteiger partial charge in [0.2, 0.25) is 11.7 Å². The van der Waals surface area contributed by atoms with Crippen LogP contribution in [0.4, 0.5) is 4.79 Å². The molecule has 0 radical (unpaired) electrons. The first kappa shape index (κ1) is 22.8. The molecule has 0 saturated carbocycles. The van der Waals surface area contributed by atoms with Crippen LogP contribution < -0.4 is 5.32 Å². The summed E-state index contributed by atoms with van der Waals surface area (Å²) in [5.74, 6) is 1.12. The van der Waals surface area contributed by atoms with Crippen molar-refractivity contribution in [2.24, 2.45) is 0 Å². The van der Waals surface area contributed by atoms with Crippen LogP contribution in [0.25, 0.3) is 0 Å². The zero-order chi connectivity index (χ0) is 22.3. The minimum Gasteiger partial charge on any atom is -0.611 e. The van der Waals surface area contributed by atoms with E-state index in [0.29, 0.717) is 36.0 Å². The number of alkyl carbamates (subject to hydrolysis) is 1. The van der Waals surface area contributed by atoms with E-state index in [1.165, 1.54) is 0 Å². The number of hydrogen-bond acceptors (Lipinski definition) is 6. The maximum absolute atomic E-state index is 12.6. The Kier molecular flexibility index (Phi) is 7.70. The normalized spacial score (nSPS) is 12.4. The van der Waals surface area contributed by atoms with Crippen molar-refractivity contribution in [3.8, 4) is 0 Å². The van der Waals surface area contributed by atoms with Gasteiger partial charge in [0.15, 0.2) is 10.6 Å². The molecule has 1 N–H and O–H groups in total. The molecule has 31 heavy (non-hydrogen) atoms. The monoisotopic (exact) mass is 441 g/mol. The topological polar surface area (TPSA) is 100 Å². The number of hydrogen-bond donors (Lipinski definition) is 1. The molecule has 8 heteroatoms. The number of nitrogens with one attached hydrogen (secondary N) is 1. The number of carbonyl (C=O) groups excluding carboxylic acids is 1. The third-order valence-electron chi connectivity index (χ3n) is 4.24. The number of benzene rings is 2. The Bertz CT molecular complexity index is 968. The van der Waals surface area contributed by atoms with Crippen molar-refractivity contribution in [2.45, 2.75) is 49.9 Å². The summed E-state index contributed by atoms with van der Waals surface area (Å²) in [7, 11) is 0. The van der Waals surface area contributed by atoms with E-state index < -0.39 is 22.9 Å². The third kappa shape index (κ3) is 7.73. The molecule has 1 atom stereocenters. The molecular formula is C23H27N3O4S. The maximum Gasteiger partial charge on any atom is 0.407 e. The largest absolute Gasteiger partial charge is 0.611 e. The summed E-state index contributed by atoms with van der Waals surface area (Å²) < 4.78 is 23.1. The van der Waals surface area contributed by atoms with Gasteiger partial charge >= 0.3 is 6.09 Å². The summed E-state index contributed by atoms with van der Waals surface area (Å²) in [5, 5.41) is 6.68. The fourth-order valence-corrected chi connectivity index (χ4v) is 3.78. The van der Waals surface area contributed by atoms with E-state index in [-0.39, 0.29) is 5.75 Å². The van der Waals surface area contributed by atoms with Crippen LogP contribution >= 0.6 is 0 Å². The minimum atomic E-state index is -1.28. The summed E-state index contributed by atoms with van der Waals surface area (Å²) in [4.78, 5) is 16.7. The lowest BCUT2D eigenvalue weighted by Crippen LogP contribution is -2.33. The molecule has 0 bridgehead atoms. The molecule has 0 aliphatic carbocycles. The van der Waals surface area contributed by atoms with E-state index in [2.05, 4.69) is 15.5 Å². The standard InChI is InChI=1S/C23H27N3O4S/c1-23(2,3)29-22(27)24-14-13-17-9-11-19(12-10-17)31(28)16-20-25-21(30-26-20)15-18-7-5-4-6-8-18/h4-12H,13-16H2,1-3H3,(H,24,27). The van der Waals surface area contributed by atoms with Gasteiger partial charge in [-0.3, -0.25) is 0 Å². The molecule has 3 aromatic rings. The Balaban J connectivity index is 1.47. The predicted octanol–water partition coefficient (Wildman–Crippen LogP) is 4.04. The van der Waals surface area contributed by atoms with Crippen molar-refractivity contribution >= 4 is 17.3 Å². The van der Waals surface area contributed by atoms with Gasteiger partial charge in [-0.2, -0.15) is 4.98 Å². The fraction of sp³-hybridized carbons (Fsp3) is 0.348. The molecule has 0 spiro atoms. The van der Waals surface area contributed by atoms with Crippen LogP contribution in [0.15, 0.2) is 64.0 Å². The van der Waals surface area contributed by atoms with Gasteiger partial charge in [0, 0.05) is 6.54 Å². The van der Waals surface area contributed by atoms with Crippen LogP contribution in [0.1, 0.15) is 43.6 Å². The number of rotatable bonds is 8. The fourth-order valence-electron chi connectivity index (χ4n) is 2.82. The van der Waals surface area contributed by atoms with E-state index in [9.17, 15) is 9.35 Å². The third-order valence-corrected chi connectivity index (χ3v) is 5.55. The van der Waals surface area contributed by atoms with Gasteiger partial charge in [0.25, 0.3) is 0 Å². The summed E-state index contributed by atoms with van der Waals surface area (Å²) in [6.45, 7) is 5.93. The molecule has 7 nitrogen and oxygen atoms in total. The average Bonchev–Trinajstić information content (AvgIpc) is 3.14. The average molecular weight is 442 g/mol. The molecule has 3 rings (SSSR count). The molecule has 0 aliphatic rings. The first-order chi connectivity index (χ1) is 14.8. The number of ether oxygens (including phenoxy) is 1. The summed E-state index contributed by atoms with van der Waals surface area (Å²) in [5.41, 5.74) is 1.59. The van der Waals surface area contributed by atoms with Gasteiger partial charge in [-0.15, -0.1) is 0 Å². The molecular weight excluding hydrogens is 414 g/mol. The van der Waals surface area contributed by atoms with Crippen molar-refractivity contribution in [3.63, 3.8) is 0 Å². The van der Waals surface area contributed by atoms with Crippen LogP contribution in [0, 0.1) is 0 Å². The Morgan fingerprint density at radius 3 is 2.48 bits per heavy atom. The van der Waals surface area contributed by atoms with E-state index in [4.69, 9.17) is 9.26 Å². The highest BCUT2D eigenvalue weighted by atomic mass is 32.2. The zero-order valence-corrected chi connectivity index (χ0v) is 18.8. The van der Waals surface area contributed by atoms with Crippen LogP contribution in [-0.4, -0.2) is 32.9 Å². The van der Waals surface area contributed by atoms with Crippen LogP contribution in [0.3, 0.4) is 0 Å². The first-order valence-corrected chi connectivity index (χ1v) is 11.4. The summed E-state index contributed by atoms with van der Waals surface area (Å²) >= 11 is -1.28. The molecule has 1 amide bonds. The molecule has 1 heterocycles. The van der Waals surface area contributed by atoms with E-state index in [1.807, 2.05) is 75.4 Å². The van der Waals surface area contributed by atoms with Gasteiger partial charge in [0.05, 0.1) is 6.42 Å². The zero-order valence-electron chi connectivity index (χ0n) is 18.0. The van der Waals surface area contributed by atoms with Crippen molar-refractivity contribution in [1.29, 1.82) is 0 Å². The Hall–Kier alpha value is -2.84. The molecule has 0 saturated heterocycles. The van der Waals surface area contributed by atoms with Crippen molar-refractivity contribution in [2.75, 3.05) is 6.54 Å². The first-order valence-electron chi connectivity index (χ1n) is 10.1. The Morgan fingerprint density at radius 1 is 1.10 bits per heavy atom.